The van der Waals surface area contributed by atoms with E-state index in [1.54, 1.807) is 50.9 Å². The van der Waals surface area contributed by atoms with Crippen LogP contribution in [0.3, 0.4) is 0 Å². The number of likely N-dealkylation sites (N-methyl/N-ethyl adjacent to an activating group) is 2. The summed E-state index contributed by atoms with van der Waals surface area (Å²) in [6.07, 6.45) is 4.90. The van der Waals surface area contributed by atoms with Crippen LogP contribution < -0.4 is 21.3 Å². The van der Waals surface area contributed by atoms with Gasteiger partial charge in [0.05, 0.1) is 50.0 Å². The van der Waals surface area contributed by atoms with Crippen molar-refractivity contribution in [1.29, 1.82) is 0 Å². The fourth-order valence-electron chi connectivity index (χ4n) is 6.69. The number of nitrogens with one attached hydrogen (secondary N) is 4. The number of carbonyl (C=O) groups is 7. The molecule has 2 rings (SSSR count). The second-order valence-corrected chi connectivity index (χ2v) is 18.5. The second-order valence-electron chi connectivity index (χ2n) is 17.6. The Morgan fingerprint density at radius 2 is 1.61 bits per heavy atom. The highest BCUT2D eigenvalue weighted by atomic mass is 32.1. The lowest BCUT2D eigenvalue weighted by molar-refractivity contribution is -0.149. The van der Waals surface area contributed by atoms with Crippen molar-refractivity contribution in [3.63, 3.8) is 0 Å². The summed E-state index contributed by atoms with van der Waals surface area (Å²) < 4.78 is 16.5. The van der Waals surface area contributed by atoms with Gasteiger partial charge in [0.2, 0.25) is 17.7 Å². The number of phenolic OH excluding ortho intramolecular Hbond substituents is 1. The van der Waals surface area contributed by atoms with Crippen molar-refractivity contribution in [1.82, 2.24) is 30.7 Å². The van der Waals surface area contributed by atoms with Gasteiger partial charge in [0, 0.05) is 44.4 Å². The van der Waals surface area contributed by atoms with E-state index in [9.17, 15) is 43.8 Å². The van der Waals surface area contributed by atoms with Gasteiger partial charge in [0.25, 0.3) is 11.8 Å². The summed E-state index contributed by atoms with van der Waals surface area (Å²) in [5.74, 6) is -3.31. The van der Waals surface area contributed by atoms with E-state index in [4.69, 9.17) is 20.6 Å². The average molecular weight is 958 g/mol. The van der Waals surface area contributed by atoms with Crippen LogP contribution in [-0.4, -0.2) is 144 Å². The minimum atomic E-state index is -1.07. The standard InChI is InChI=1S/C47H71N7O12S/c1-13-29(5)41(52-46(63)47(8,9)53(10)11)44(60)54(12)36(28(3)4)26-38(66-31(7)55)43-51-35(27-67-43)42(59)49-33(23-30(6)45(61)62)24-32-15-16-37(56)34(25-32)50-40(58)17-19-64-21-22-65-20-18-48-39(57)14-2/h2,15-16,25,27-30,33,36,38,41,56H,13,17-24,26H2,1,3-12H3,(H,48,57)(H,49,59)(H,50,58)(H,52,63)(H,61,62)/t29-,30?,33+,36+,38+,41-/m0/s1. The molecule has 0 spiro atoms. The molecule has 0 aliphatic heterocycles. The van der Waals surface area contributed by atoms with E-state index in [2.05, 4.69) is 26.3 Å². The molecule has 1 heterocycles. The summed E-state index contributed by atoms with van der Waals surface area (Å²) in [4.78, 5) is 97.6. The molecule has 1 aromatic heterocycles. The fourth-order valence-corrected chi connectivity index (χ4v) is 7.52. The minimum absolute atomic E-state index is 0.000268. The predicted octanol–water partition coefficient (Wildman–Crippen LogP) is 3.76. The molecule has 0 aliphatic rings. The van der Waals surface area contributed by atoms with E-state index < -0.39 is 65.3 Å². The predicted molar refractivity (Wildman–Crippen MR) is 253 cm³/mol. The van der Waals surface area contributed by atoms with Crippen LogP contribution in [0.15, 0.2) is 23.6 Å². The highest BCUT2D eigenvalue weighted by molar-refractivity contribution is 7.09. The molecule has 0 saturated carbocycles. The molecule has 0 fully saturated rings. The zero-order chi connectivity index (χ0) is 50.6. The molecule has 1 aromatic carbocycles. The highest BCUT2D eigenvalue weighted by Gasteiger charge is 2.39. The number of amides is 5. The van der Waals surface area contributed by atoms with Gasteiger partial charge in [-0.15, -0.1) is 17.8 Å². The minimum Gasteiger partial charge on any atom is -0.506 e. The molecule has 67 heavy (non-hydrogen) atoms. The second kappa shape index (κ2) is 27.9. The third-order valence-corrected chi connectivity index (χ3v) is 12.5. The maximum absolute atomic E-state index is 14.2. The first-order chi connectivity index (χ1) is 31.4. The Hall–Kier alpha value is -5.62. The fraction of sp³-hybridized carbons (Fsp3) is 0.617. The Kier molecular flexibility index (Phi) is 23.9. The summed E-state index contributed by atoms with van der Waals surface area (Å²) in [7, 11) is 5.24. The number of esters is 1. The number of carboxylic acid groups (broad SMARTS) is 1. The lowest BCUT2D eigenvalue weighted by Crippen LogP contribution is -2.60. The number of thiazole rings is 1. The van der Waals surface area contributed by atoms with Crippen LogP contribution in [-0.2, 0) is 49.4 Å². The van der Waals surface area contributed by atoms with Crippen LogP contribution in [0.25, 0.3) is 0 Å². The maximum Gasteiger partial charge on any atom is 0.306 e. The zero-order valence-electron chi connectivity index (χ0n) is 40.7. The number of benzene rings is 1. The summed E-state index contributed by atoms with van der Waals surface area (Å²) in [5.41, 5.74) is -0.201. The van der Waals surface area contributed by atoms with Crippen LogP contribution in [0.1, 0.15) is 108 Å². The Morgan fingerprint density at radius 1 is 0.955 bits per heavy atom. The summed E-state index contributed by atoms with van der Waals surface area (Å²) in [5, 5.41) is 33.1. The maximum atomic E-state index is 14.2. The van der Waals surface area contributed by atoms with Crippen LogP contribution in [0.2, 0.25) is 0 Å². The van der Waals surface area contributed by atoms with Gasteiger partial charge in [-0.2, -0.15) is 0 Å². The summed E-state index contributed by atoms with van der Waals surface area (Å²) >= 11 is 1.09. The first-order valence-corrected chi connectivity index (χ1v) is 23.2. The third kappa shape index (κ3) is 18.9. The highest BCUT2D eigenvalue weighted by Crippen LogP contribution is 2.32. The number of terminal acetylenes is 1. The van der Waals surface area contributed by atoms with Crippen LogP contribution >= 0.6 is 11.3 Å². The van der Waals surface area contributed by atoms with Crippen LogP contribution in [0.4, 0.5) is 5.69 Å². The van der Waals surface area contributed by atoms with Crippen LogP contribution in [0.5, 0.6) is 5.75 Å². The number of carbonyl (C=O) groups excluding carboxylic acids is 6. The molecular weight excluding hydrogens is 887 g/mol. The number of nitrogens with zero attached hydrogens (tertiary/aromatic N) is 3. The van der Waals surface area contributed by atoms with Crippen molar-refractivity contribution in [3.05, 3.63) is 39.8 Å². The van der Waals surface area contributed by atoms with Gasteiger partial charge < -0.3 is 50.6 Å². The molecular formula is C47H71N7O12S. The van der Waals surface area contributed by atoms with Gasteiger partial charge in [-0.1, -0.05) is 47.1 Å². The zero-order valence-corrected chi connectivity index (χ0v) is 41.5. The molecule has 0 saturated heterocycles. The number of aromatic nitrogens is 1. The summed E-state index contributed by atoms with van der Waals surface area (Å²) in [6, 6.07) is 2.46. The quantitative estimate of drug-likeness (QED) is 0.0294. The van der Waals surface area contributed by atoms with Gasteiger partial charge in [0.1, 0.15) is 22.5 Å². The first-order valence-electron chi connectivity index (χ1n) is 22.4. The van der Waals surface area contributed by atoms with Gasteiger partial charge in [-0.25, -0.2) is 4.98 Å². The number of hydrogen-bond acceptors (Lipinski definition) is 14. The molecule has 1 unspecified atom stereocenters. The smallest absolute Gasteiger partial charge is 0.306 e. The van der Waals surface area contributed by atoms with E-state index >= 15 is 0 Å². The number of phenols is 1. The Morgan fingerprint density at radius 3 is 2.19 bits per heavy atom. The van der Waals surface area contributed by atoms with E-state index in [0.29, 0.717) is 17.0 Å². The van der Waals surface area contributed by atoms with Crippen molar-refractivity contribution in [2.24, 2.45) is 17.8 Å². The number of anilines is 1. The Labute approximate surface area is 398 Å². The van der Waals surface area contributed by atoms with Crippen LogP contribution in [0, 0.1) is 30.1 Å². The topological polar surface area (TPSA) is 255 Å². The molecule has 0 aliphatic carbocycles. The molecule has 2 aromatic rings. The summed E-state index contributed by atoms with van der Waals surface area (Å²) in [6.45, 7) is 15.0. The lowest BCUT2D eigenvalue weighted by atomic mass is 9.92. The van der Waals surface area contributed by atoms with Gasteiger partial charge in [-0.3, -0.25) is 38.5 Å². The average Bonchev–Trinajstić information content (AvgIpc) is 3.77. The van der Waals surface area contributed by atoms with Gasteiger partial charge >= 0.3 is 11.9 Å². The van der Waals surface area contributed by atoms with E-state index in [1.165, 1.54) is 31.4 Å². The van der Waals surface area contributed by atoms with E-state index in [-0.39, 0.29) is 99.4 Å². The Balaban J connectivity index is 2.24. The van der Waals surface area contributed by atoms with E-state index in [0.717, 1.165) is 11.3 Å². The molecule has 5 amide bonds. The molecule has 6 atom stereocenters. The number of aliphatic carboxylic acids is 1. The molecule has 0 bridgehead atoms. The van der Waals surface area contributed by atoms with Crippen molar-refractivity contribution < 1.29 is 58.0 Å². The number of aromatic hydroxyl groups is 1. The van der Waals surface area contributed by atoms with Gasteiger partial charge in [0.15, 0.2) is 6.10 Å². The molecule has 0 radical (unpaired) electrons. The SMILES string of the molecule is C#CC(=O)NCCOCCOCCC(=O)Nc1cc(C[C@@H](CC(C)C(=O)O)NC(=O)c2csc([C@@H](C[C@H](C(C)C)N(C)C(=O)[C@@H](NC(=O)C(C)(C)N(C)C)[C@@H](C)CC)OC(C)=O)n2)ccc1O. The number of hydrogen-bond donors (Lipinski definition) is 6. The van der Waals surface area contributed by atoms with Crippen molar-refractivity contribution in [3.8, 4) is 18.1 Å². The molecule has 6 N–H and O–H groups in total. The monoisotopic (exact) mass is 957 g/mol. The first kappa shape index (κ1) is 57.5. The number of rotatable bonds is 29. The van der Waals surface area contributed by atoms with Crippen molar-refractivity contribution >= 4 is 58.5 Å². The van der Waals surface area contributed by atoms with Crippen molar-refractivity contribution in [2.45, 2.75) is 117 Å². The molecule has 20 heteroatoms. The Bertz CT molecular complexity index is 2030. The van der Waals surface area contributed by atoms with Crippen molar-refractivity contribution in [2.75, 3.05) is 59.4 Å². The lowest BCUT2D eigenvalue weighted by Gasteiger charge is -2.38. The van der Waals surface area contributed by atoms with Gasteiger partial charge in [-0.05, 0) is 76.2 Å². The van der Waals surface area contributed by atoms with E-state index in [1.807, 2.05) is 33.6 Å². The molecule has 19 nitrogen and oxygen atoms in total. The largest absolute Gasteiger partial charge is 0.506 e. The number of ether oxygens (including phenoxy) is 3. The normalized spacial score (nSPS) is 14.1. The number of carboxylic acids is 1. The third-order valence-electron chi connectivity index (χ3n) is 11.6. The molecule has 372 valence electrons.